The minimum atomic E-state index is -0.595. The number of rotatable bonds is 1. The van der Waals surface area contributed by atoms with E-state index in [0.717, 1.165) is 24.9 Å². The monoisotopic (exact) mass is 187 g/mol. The predicted molar refractivity (Wildman–Crippen MR) is 51.7 cm³/mol. The van der Waals surface area contributed by atoms with Crippen LogP contribution < -0.4 is 0 Å². The molecule has 3 heteroatoms. The van der Waals surface area contributed by atoms with Gasteiger partial charge in [0.15, 0.2) is 0 Å². The van der Waals surface area contributed by atoms with Gasteiger partial charge in [-0.05, 0) is 19.9 Å². The molecule has 2 bridgehead atoms. The molecule has 0 aromatic carbocycles. The van der Waals surface area contributed by atoms with Gasteiger partial charge in [-0.15, -0.1) is 0 Å². The molecule has 0 aromatic heterocycles. The minimum absolute atomic E-state index is 0.485. The second kappa shape index (κ2) is 3.20. The highest BCUT2D eigenvalue weighted by molar-refractivity contribution is 7.91. The standard InChI is InChI=1S/C9H17NOS/c1-10-7-3-4-8(10)6-9(5-7)12(2)11/h7-9H,3-6H2,1-2H3/t7-,8+,9+,12?. The predicted octanol–water partition coefficient (Wildman–Crippen LogP) is 0.990. The Morgan fingerprint density at radius 1 is 1.25 bits per heavy atom. The van der Waals surface area contributed by atoms with Crippen molar-refractivity contribution in [2.45, 2.75) is 43.0 Å². The molecular formula is C9H17NOS. The van der Waals surface area contributed by atoms with Gasteiger partial charge in [0.1, 0.15) is 5.25 Å². The number of nitrogens with zero attached hydrogens (tertiary/aromatic N) is 1. The van der Waals surface area contributed by atoms with Crippen molar-refractivity contribution in [1.29, 1.82) is 0 Å². The zero-order valence-corrected chi connectivity index (χ0v) is 8.64. The molecule has 0 saturated carbocycles. The SMILES string of the molecule is CN1[C@@H]2CC[C@H]1C[C@@H]([S+](C)[O-])C2. The van der Waals surface area contributed by atoms with Gasteiger partial charge in [-0.2, -0.15) is 0 Å². The summed E-state index contributed by atoms with van der Waals surface area (Å²) in [5.41, 5.74) is 0. The van der Waals surface area contributed by atoms with Crippen molar-refractivity contribution in [2.24, 2.45) is 0 Å². The lowest BCUT2D eigenvalue weighted by Crippen LogP contribution is -2.44. The van der Waals surface area contributed by atoms with Crippen LogP contribution in [0.3, 0.4) is 0 Å². The summed E-state index contributed by atoms with van der Waals surface area (Å²) in [5.74, 6) is 0. The van der Waals surface area contributed by atoms with Crippen molar-refractivity contribution < 1.29 is 4.55 Å². The van der Waals surface area contributed by atoms with Crippen LogP contribution in [-0.2, 0) is 11.2 Å². The van der Waals surface area contributed by atoms with Crippen molar-refractivity contribution in [3.8, 4) is 0 Å². The lowest BCUT2D eigenvalue weighted by atomic mass is 10.0. The van der Waals surface area contributed by atoms with E-state index in [1.54, 1.807) is 0 Å². The fourth-order valence-corrected chi connectivity index (χ4v) is 3.62. The van der Waals surface area contributed by atoms with E-state index >= 15 is 0 Å². The van der Waals surface area contributed by atoms with Crippen LogP contribution in [0.1, 0.15) is 25.7 Å². The highest BCUT2D eigenvalue weighted by atomic mass is 32.2. The van der Waals surface area contributed by atoms with Gasteiger partial charge >= 0.3 is 0 Å². The quantitative estimate of drug-likeness (QED) is 0.572. The van der Waals surface area contributed by atoms with Crippen LogP contribution in [0.2, 0.25) is 0 Å². The molecule has 2 nitrogen and oxygen atoms in total. The van der Waals surface area contributed by atoms with Gasteiger partial charge < -0.3 is 9.45 Å². The molecule has 2 fully saturated rings. The number of hydrogen-bond acceptors (Lipinski definition) is 2. The Balaban J connectivity index is 2.02. The Kier molecular flexibility index (Phi) is 2.36. The highest BCUT2D eigenvalue weighted by Gasteiger charge is 2.41. The Bertz CT molecular complexity index is 160. The molecule has 2 aliphatic rings. The first-order valence-electron chi connectivity index (χ1n) is 4.72. The van der Waals surface area contributed by atoms with Gasteiger partial charge in [0, 0.05) is 24.9 Å². The summed E-state index contributed by atoms with van der Waals surface area (Å²) >= 11 is -0.595. The fourth-order valence-electron chi connectivity index (χ4n) is 2.63. The molecule has 2 rings (SSSR count). The van der Waals surface area contributed by atoms with Gasteiger partial charge in [-0.3, -0.25) is 0 Å². The Morgan fingerprint density at radius 2 is 1.75 bits per heavy atom. The molecule has 2 heterocycles. The van der Waals surface area contributed by atoms with Crippen LogP contribution in [-0.4, -0.2) is 40.1 Å². The summed E-state index contributed by atoms with van der Waals surface area (Å²) in [4.78, 5) is 2.49. The number of hydrogen-bond donors (Lipinski definition) is 0. The zero-order chi connectivity index (χ0) is 8.72. The molecule has 0 spiro atoms. The van der Waals surface area contributed by atoms with Crippen molar-refractivity contribution >= 4 is 11.2 Å². The van der Waals surface area contributed by atoms with Gasteiger partial charge in [0.25, 0.3) is 0 Å². The largest absolute Gasteiger partial charge is 0.616 e. The van der Waals surface area contributed by atoms with Crippen molar-refractivity contribution in [3.63, 3.8) is 0 Å². The second-order valence-electron chi connectivity index (χ2n) is 4.14. The van der Waals surface area contributed by atoms with E-state index in [-0.39, 0.29) is 0 Å². The highest BCUT2D eigenvalue weighted by Crippen LogP contribution is 2.36. The molecule has 0 aliphatic carbocycles. The van der Waals surface area contributed by atoms with Gasteiger partial charge in [-0.1, -0.05) is 11.2 Å². The fraction of sp³-hybridized carbons (Fsp3) is 1.00. The summed E-state index contributed by atoms with van der Waals surface area (Å²) in [6.45, 7) is 0. The summed E-state index contributed by atoms with van der Waals surface area (Å²) < 4.78 is 11.3. The molecular weight excluding hydrogens is 170 g/mol. The van der Waals surface area contributed by atoms with Crippen LogP contribution in [0.4, 0.5) is 0 Å². The second-order valence-corrected chi connectivity index (χ2v) is 5.81. The van der Waals surface area contributed by atoms with E-state index in [1.807, 2.05) is 6.26 Å². The van der Waals surface area contributed by atoms with Crippen molar-refractivity contribution in [1.82, 2.24) is 4.90 Å². The van der Waals surface area contributed by atoms with E-state index < -0.39 is 11.2 Å². The topological polar surface area (TPSA) is 26.3 Å². The summed E-state index contributed by atoms with van der Waals surface area (Å²) in [6, 6.07) is 1.47. The average Bonchev–Trinajstić information content (AvgIpc) is 2.30. The van der Waals surface area contributed by atoms with E-state index in [4.69, 9.17) is 0 Å². The average molecular weight is 187 g/mol. The Hall–Kier alpha value is 0.270. The van der Waals surface area contributed by atoms with Crippen molar-refractivity contribution in [2.75, 3.05) is 13.3 Å². The third kappa shape index (κ3) is 1.38. The van der Waals surface area contributed by atoms with Crippen LogP contribution >= 0.6 is 0 Å². The van der Waals surface area contributed by atoms with Gasteiger partial charge in [0.2, 0.25) is 0 Å². The molecule has 0 amide bonds. The van der Waals surface area contributed by atoms with Crippen LogP contribution in [0, 0.1) is 0 Å². The molecule has 0 N–H and O–H groups in total. The summed E-state index contributed by atoms with van der Waals surface area (Å²) in [5, 5.41) is 0.485. The molecule has 1 unspecified atom stereocenters. The lowest BCUT2D eigenvalue weighted by Gasteiger charge is -2.35. The molecule has 0 radical (unpaired) electrons. The first kappa shape index (κ1) is 8.85. The molecule has 4 atom stereocenters. The summed E-state index contributed by atoms with van der Waals surface area (Å²) in [7, 11) is 2.22. The molecule has 0 aromatic rings. The Labute approximate surface area is 77.5 Å². The zero-order valence-electron chi connectivity index (χ0n) is 7.82. The summed E-state index contributed by atoms with van der Waals surface area (Å²) in [6.07, 6.45) is 6.84. The van der Waals surface area contributed by atoms with E-state index in [2.05, 4.69) is 11.9 Å². The molecule has 2 aliphatic heterocycles. The van der Waals surface area contributed by atoms with Crippen LogP contribution in [0.5, 0.6) is 0 Å². The van der Waals surface area contributed by atoms with E-state index in [0.29, 0.717) is 5.25 Å². The van der Waals surface area contributed by atoms with E-state index in [1.165, 1.54) is 12.8 Å². The smallest absolute Gasteiger partial charge is 0.118 e. The maximum Gasteiger partial charge on any atom is 0.118 e. The Morgan fingerprint density at radius 3 is 2.17 bits per heavy atom. The third-order valence-corrected chi connectivity index (χ3v) is 4.85. The molecule has 2 saturated heterocycles. The normalized spacial score (nSPS) is 44.8. The van der Waals surface area contributed by atoms with E-state index in [9.17, 15) is 4.55 Å². The van der Waals surface area contributed by atoms with Gasteiger partial charge in [0.05, 0.1) is 6.26 Å². The van der Waals surface area contributed by atoms with Crippen LogP contribution in [0.25, 0.3) is 0 Å². The first-order chi connectivity index (χ1) is 5.68. The minimum Gasteiger partial charge on any atom is -0.616 e. The van der Waals surface area contributed by atoms with Crippen LogP contribution in [0.15, 0.2) is 0 Å². The number of piperidine rings is 1. The lowest BCUT2D eigenvalue weighted by molar-refractivity contribution is 0.180. The molecule has 12 heavy (non-hydrogen) atoms. The van der Waals surface area contributed by atoms with Gasteiger partial charge in [-0.25, -0.2) is 0 Å². The third-order valence-electron chi connectivity index (χ3n) is 3.52. The number of fused-ring (bicyclic) bond motifs is 2. The first-order valence-corrected chi connectivity index (χ1v) is 6.34. The van der Waals surface area contributed by atoms with Crippen molar-refractivity contribution in [3.05, 3.63) is 0 Å². The molecule has 70 valence electrons. The maximum absolute atomic E-state index is 11.3. The maximum atomic E-state index is 11.3.